The molecule has 1 aromatic heterocycles. The summed E-state index contributed by atoms with van der Waals surface area (Å²) < 4.78 is 1.81. The Bertz CT molecular complexity index is 767. The van der Waals surface area contributed by atoms with Crippen LogP contribution in [0.2, 0.25) is 0 Å². The van der Waals surface area contributed by atoms with Gasteiger partial charge in [-0.15, -0.1) is 0 Å². The first kappa shape index (κ1) is 15.9. The second-order valence-electron chi connectivity index (χ2n) is 6.91. The average molecular weight is 338 g/mol. The second kappa shape index (κ2) is 6.70. The molecule has 130 valence electrons. The van der Waals surface area contributed by atoms with E-state index in [0.717, 1.165) is 18.4 Å². The van der Waals surface area contributed by atoms with E-state index in [9.17, 15) is 9.59 Å². The molecule has 2 fully saturated rings. The minimum Gasteiger partial charge on any atom is -0.351 e. The maximum atomic E-state index is 12.9. The lowest BCUT2D eigenvalue weighted by Crippen LogP contribution is -2.56. The van der Waals surface area contributed by atoms with Crippen molar-refractivity contribution in [1.29, 1.82) is 0 Å². The maximum absolute atomic E-state index is 12.9. The van der Waals surface area contributed by atoms with Crippen molar-refractivity contribution >= 4 is 11.8 Å². The number of aromatic nitrogens is 2. The smallest absolute Gasteiger partial charge is 0.251 e. The highest BCUT2D eigenvalue weighted by Crippen LogP contribution is 2.36. The van der Waals surface area contributed by atoms with Gasteiger partial charge < -0.3 is 10.6 Å². The van der Waals surface area contributed by atoms with Crippen molar-refractivity contribution in [3.8, 4) is 0 Å². The van der Waals surface area contributed by atoms with Gasteiger partial charge in [0.05, 0.1) is 18.6 Å². The van der Waals surface area contributed by atoms with Gasteiger partial charge in [-0.3, -0.25) is 14.3 Å². The van der Waals surface area contributed by atoms with E-state index in [2.05, 4.69) is 15.7 Å². The monoisotopic (exact) mass is 338 g/mol. The van der Waals surface area contributed by atoms with Crippen molar-refractivity contribution in [2.75, 3.05) is 0 Å². The number of carbonyl (C=O) groups excluding carboxylic acids is 2. The molecule has 0 spiro atoms. The molecule has 4 rings (SSSR count). The van der Waals surface area contributed by atoms with E-state index < -0.39 is 0 Å². The van der Waals surface area contributed by atoms with Gasteiger partial charge in [0.2, 0.25) is 5.91 Å². The Morgan fingerprint density at radius 2 is 2.08 bits per heavy atom. The maximum Gasteiger partial charge on any atom is 0.251 e. The largest absolute Gasteiger partial charge is 0.351 e. The van der Waals surface area contributed by atoms with Gasteiger partial charge in [0, 0.05) is 24.4 Å². The first-order valence-corrected chi connectivity index (χ1v) is 8.86. The zero-order valence-electron chi connectivity index (χ0n) is 14.0. The quantitative estimate of drug-likeness (QED) is 0.871. The highest BCUT2D eigenvalue weighted by molar-refractivity contribution is 5.96. The summed E-state index contributed by atoms with van der Waals surface area (Å²) in [5.41, 5.74) is 1.61. The molecule has 1 saturated carbocycles. The Labute approximate surface area is 146 Å². The van der Waals surface area contributed by atoms with Crippen LogP contribution in [0.25, 0.3) is 0 Å². The van der Waals surface area contributed by atoms with Gasteiger partial charge in [-0.2, -0.15) is 5.10 Å². The number of nitrogens with zero attached hydrogens (tertiary/aromatic N) is 2. The summed E-state index contributed by atoms with van der Waals surface area (Å²) in [6.07, 6.45) is 7.06. The molecule has 6 nitrogen and oxygen atoms in total. The fraction of sp³-hybridized carbons (Fsp3) is 0.421. The van der Waals surface area contributed by atoms with Gasteiger partial charge >= 0.3 is 0 Å². The van der Waals surface area contributed by atoms with Crippen LogP contribution in [-0.4, -0.2) is 33.7 Å². The fourth-order valence-electron chi connectivity index (χ4n) is 3.58. The van der Waals surface area contributed by atoms with E-state index in [4.69, 9.17) is 0 Å². The molecule has 1 aliphatic carbocycles. The van der Waals surface area contributed by atoms with E-state index in [0.29, 0.717) is 30.9 Å². The molecule has 2 aromatic rings. The minimum atomic E-state index is -0.0745. The molecule has 0 radical (unpaired) electrons. The molecule has 2 N–H and O–H groups in total. The Kier molecular flexibility index (Phi) is 4.26. The van der Waals surface area contributed by atoms with Crippen molar-refractivity contribution in [2.24, 2.45) is 5.92 Å². The third kappa shape index (κ3) is 3.57. The second-order valence-corrected chi connectivity index (χ2v) is 6.91. The molecule has 1 saturated heterocycles. The van der Waals surface area contributed by atoms with Crippen LogP contribution in [0, 0.1) is 5.92 Å². The molecule has 6 heteroatoms. The van der Waals surface area contributed by atoms with Crippen LogP contribution in [0.3, 0.4) is 0 Å². The topological polar surface area (TPSA) is 76.0 Å². The average Bonchev–Trinajstić information content (AvgIpc) is 3.34. The molecule has 0 bridgehead atoms. The van der Waals surface area contributed by atoms with Gasteiger partial charge in [-0.1, -0.05) is 18.2 Å². The van der Waals surface area contributed by atoms with Gasteiger partial charge in [-0.25, -0.2) is 0 Å². The zero-order chi connectivity index (χ0) is 17.2. The van der Waals surface area contributed by atoms with Crippen LogP contribution < -0.4 is 10.6 Å². The summed E-state index contributed by atoms with van der Waals surface area (Å²) in [6.45, 7) is 0.560. The normalized spacial score (nSPS) is 23.1. The van der Waals surface area contributed by atoms with E-state index in [1.165, 1.54) is 0 Å². The van der Waals surface area contributed by atoms with Crippen molar-refractivity contribution in [3.63, 3.8) is 0 Å². The highest BCUT2D eigenvalue weighted by Gasteiger charge is 2.40. The summed E-state index contributed by atoms with van der Waals surface area (Å²) in [7, 11) is 0. The number of amides is 2. The predicted molar refractivity (Wildman–Crippen MR) is 92.9 cm³/mol. The fourth-order valence-corrected chi connectivity index (χ4v) is 3.58. The van der Waals surface area contributed by atoms with Gasteiger partial charge in [0.1, 0.15) is 0 Å². The van der Waals surface area contributed by atoms with E-state index >= 15 is 0 Å². The molecule has 2 atom stereocenters. The van der Waals surface area contributed by atoms with Gasteiger partial charge in [0.15, 0.2) is 0 Å². The number of hydrogen-bond acceptors (Lipinski definition) is 3. The molecule has 1 aliphatic heterocycles. The number of nitrogens with one attached hydrogen (secondary N) is 2. The predicted octanol–water partition coefficient (Wildman–Crippen LogP) is 1.72. The van der Waals surface area contributed by atoms with Gasteiger partial charge in [-0.05, 0) is 42.9 Å². The van der Waals surface area contributed by atoms with Gasteiger partial charge in [0.25, 0.3) is 5.91 Å². The number of piperidine rings is 1. The van der Waals surface area contributed by atoms with Crippen LogP contribution in [0.15, 0.2) is 42.7 Å². The third-order valence-electron chi connectivity index (χ3n) is 5.04. The van der Waals surface area contributed by atoms with E-state index in [-0.39, 0.29) is 23.9 Å². The van der Waals surface area contributed by atoms with E-state index in [1.54, 1.807) is 10.9 Å². The van der Waals surface area contributed by atoms with Crippen molar-refractivity contribution in [2.45, 2.75) is 44.3 Å². The Morgan fingerprint density at radius 1 is 1.24 bits per heavy atom. The summed E-state index contributed by atoms with van der Waals surface area (Å²) in [4.78, 5) is 24.6. The molecule has 2 amide bonds. The van der Waals surface area contributed by atoms with Crippen molar-refractivity contribution in [1.82, 2.24) is 20.4 Å². The minimum absolute atomic E-state index is 0.00968. The molecule has 1 aromatic carbocycles. The Balaban J connectivity index is 1.50. The number of rotatable bonds is 5. The van der Waals surface area contributed by atoms with Crippen LogP contribution >= 0.6 is 0 Å². The molecule has 2 aliphatic rings. The standard InChI is InChI=1S/C19H22N4O2/c24-17-9-8-16(18(22-17)13-6-7-13)21-19(25)15-5-2-1-4-14(15)12-23-11-3-10-20-23/h1-5,10-11,13,16,18H,6-9,12H2,(H,21,25)(H,22,24)/t16-,18+/m1/s1. The zero-order valence-corrected chi connectivity index (χ0v) is 14.0. The molecule has 2 heterocycles. The summed E-state index contributed by atoms with van der Waals surface area (Å²) in [6, 6.07) is 9.57. The lowest BCUT2D eigenvalue weighted by molar-refractivity contribution is -0.124. The lowest BCUT2D eigenvalue weighted by atomic mass is 9.93. The van der Waals surface area contributed by atoms with Crippen LogP contribution in [0.5, 0.6) is 0 Å². The molecular formula is C19H22N4O2. The number of benzene rings is 1. The number of hydrogen-bond donors (Lipinski definition) is 2. The van der Waals surface area contributed by atoms with Crippen LogP contribution in [0.4, 0.5) is 0 Å². The molecule has 25 heavy (non-hydrogen) atoms. The summed E-state index contributed by atoms with van der Waals surface area (Å²) in [5.74, 6) is 0.532. The first-order valence-electron chi connectivity index (χ1n) is 8.86. The Hall–Kier alpha value is -2.63. The molecular weight excluding hydrogens is 316 g/mol. The van der Waals surface area contributed by atoms with Crippen LogP contribution in [-0.2, 0) is 11.3 Å². The van der Waals surface area contributed by atoms with Crippen molar-refractivity contribution < 1.29 is 9.59 Å². The SMILES string of the molecule is O=C1CC[C@@H](NC(=O)c2ccccc2Cn2cccn2)[C@H](C2CC2)N1. The summed E-state index contributed by atoms with van der Waals surface area (Å²) in [5, 5.41) is 10.4. The van der Waals surface area contributed by atoms with E-state index in [1.807, 2.05) is 36.5 Å². The Morgan fingerprint density at radius 3 is 2.84 bits per heavy atom. The summed E-state index contributed by atoms with van der Waals surface area (Å²) >= 11 is 0. The molecule has 0 unspecified atom stereocenters. The van der Waals surface area contributed by atoms with Crippen molar-refractivity contribution in [3.05, 3.63) is 53.9 Å². The lowest BCUT2D eigenvalue weighted by Gasteiger charge is -2.33. The third-order valence-corrected chi connectivity index (χ3v) is 5.04. The first-order chi connectivity index (χ1) is 12.2. The van der Waals surface area contributed by atoms with Crippen LogP contribution in [0.1, 0.15) is 41.6 Å². The highest BCUT2D eigenvalue weighted by atomic mass is 16.2. The number of carbonyl (C=O) groups is 2.